The van der Waals surface area contributed by atoms with Gasteiger partial charge in [-0.25, -0.2) is 4.98 Å². The second-order valence-electron chi connectivity index (χ2n) is 4.20. The standard InChI is InChI=1S/C11H15BrN2O2/c1-11(2,7-15)14(3)10(16)9-5-4-8(12)6-13-9/h4-6,15H,7H2,1-3H3. The van der Waals surface area contributed by atoms with E-state index in [-0.39, 0.29) is 12.5 Å². The molecule has 0 saturated heterocycles. The topological polar surface area (TPSA) is 53.4 Å². The number of carbonyl (C=O) groups is 1. The Kier molecular flexibility index (Phi) is 4.04. The fraction of sp³-hybridized carbons (Fsp3) is 0.455. The molecule has 1 N–H and O–H groups in total. The van der Waals surface area contributed by atoms with Gasteiger partial charge in [-0.3, -0.25) is 4.79 Å². The number of carbonyl (C=O) groups excluding carboxylic acids is 1. The Balaban J connectivity index is 2.90. The van der Waals surface area contributed by atoms with E-state index < -0.39 is 5.54 Å². The van der Waals surface area contributed by atoms with E-state index >= 15 is 0 Å². The lowest BCUT2D eigenvalue weighted by atomic mass is 10.0. The van der Waals surface area contributed by atoms with Crippen LogP contribution in [0, 0.1) is 0 Å². The van der Waals surface area contributed by atoms with E-state index in [0.717, 1.165) is 4.47 Å². The van der Waals surface area contributed by atoms with Crippen molar-refractivity contribution in [2.45, 2.75) is 19.4 Å². The van der Waals surface area contributed by atoms with Gasteiger partial charge in [-0.1, -0.05) is 0 Å². The van der Waals surface area contributed by atoms with Crippen LogP contribution in [0.5, 0.6) is 0 Å². The Morgan fingerprint density at radius 2 is 2.19 bits per heavy atom. The molecule has 0 unspecified atom stereocenters. The predicted octanol–water partition coefficient (Wildman–Crippen LogP) is 1.69. The Labute approximate surface area is 103 Å². The van der Waals surface area contributed by atoms with Crippen LogP contribution in [0.4, 0.5) is 0 Å². The lowest BCUT2D eigenvalue weighted by Gasteiger charge is -2.33. The number of amides is 1. The number of pyridine rings is 1. The van der Waals surface area contributed by atoms with Gasteiger partial charge in [0.15, 0.2) is 0 Å². The van der Waals surface area contributed by atoms with E-state index in [2.05, 4.69) is 20.9 Å². The van der Waals surface area contributed by atoms with Crippen molar-refractivity contribution in [2.24, 2.45) is 0 Å². The van der Waals surface area contributed by atoms with Gasteiger partial charge in [0.05, 0.1) is 12.1 Å². The third-order valence-corrected chi connectivity index (χ3v) is 3.02. The van der Waals surface area contributed by atoms with Gasteiger partial charge < -0.3 is 10.0 Å². The van der Waals surface area contributed by atoms with E-state index in [9.17, 15) is 9.90 Å². The van der Waals surface area contributed by atoms with Crippen LogP contribution in [0.15, 0.2) is 22.8 Å². The molecule has 1 rings (SSSR count). The average molecular weight is 287 g/mol. The number of aromatic nitrogens is 1. The van der Waals surface area contributed by atoms with Gasteiger partial charge in [0.25, 0.3) is 5.91 Å². The van der Waals surface area contributed by atoms with Crippen molar-refractivity contribution in [3.63, 3.8) is 0 Å². The fourth-order valence-corrected chi connectivity index (χ4v) is 1.29. The lowest BCUT2D eigenvalue weighted by molar-refractivity contribution is 0.0467. The van der Waals surface area contributed by atoms with Gasteiger partial charge in [0.1, 0.15) is 5.69 Å². The van der Waals surface area contributed by atoms with Gasteiger partial charge in [0, 0.05) is 17.7 Å². The van der Waals surface area contributed by atoms with Crippen LogP contribution in [0.2, 0.25) is 0 Å². The fourth-order valence-electron chi connectivity index (χ4n) is 1.06. The molecule has 88 valence electrons. The second-order valence-corrected chi connectivity index (χ2v) is 5.11. The molecule has 0 radical (unpaired) electrons. The summed E-state index contributed by atoms with van der Waals surface area (Å²) in [5, 5.41) is 9.18. The monoisotopic (exact) mass is 286 g/mol. The van der Waals surface area contributed by atoms with Crippen LogP contribution in [0.25, 0.3) is 0 Å². The Hall–Kier alpha value is -0.940. The third kappa shape index (κ3) is 2.80. The molecule has 1 aromatic rings. The summed E-state index contributed by atoms with van der Waals surface area (Å²) < 4.78 is 0.827. The van der Waals surface area contributed by atoms with Crippen LogP contribution in [-0.2, 0) is 0 Å². The molecule has 0 fully saturated rings. The first-order valence-corrected chi connectivity index (χ1v) is 5.68. The first-order valence-electron chi connectivity index (χ1n) is 4.89. The summed E-state index contributed by atoms with van der Waals surface area (Å²) in [5.74, 6) is -0.202. The van der Waals surface area contributed by atoms with Gasteiger partial charge in [-0.15, -0.1) is 0 Å². The van der Waals surface area contributed by atoms with Crippen molar-refractivity contribution < 1.29 is 9.90 Å². The van der Waals surface area contributed by atoms with Crippen molar-refractivity contribution in [1.82, 2.24) is 9.88 Å². The van der Waals surface area contributed by atoms with E-state index in [0.29, 0.717) is 5.69 Å². The summed E-state index contributed by atoms with van der Waals surface area (Å²) in [4.78, 5) is 17.5. The average Bonchev–Trinajstić information content (AvgIpc) is 2.28. The van der Waals surface area contributed by atoms with Crippen LogP contribution < -0.4 is 0 Å². The Morgan fingerprint density at radius 1 is 1.56 bits per heavy atom. The maximum atomic E-state index is 12.0. The number of halogens is 1. The number of nitrogens with zero attached hydrogens (tertiary/aromatic N) is 2. The molecule has 4 nitrogen and oxygen atoms in total. The molecule has 0 spiro atoms. The first-order chi connectivity index (χ1) is 7.38. The molecule has 0 aromatic carbocycles. The largest absolute Gasteiger partial charge is 0.394 e. The van der Waals surface area contributed by atoms with Crippen LogP contribution in [0.3, 0.4) is 0 Å². The number of rotatable bonds is 3. The molecule has 16 heavy (non-hydrogen) atoms. The summed E-state index contributed by atoms with van der Waals surface area (Å²) in [5.41, 5.74) is -0.224. The summed E-state index contributed by atoms with van der Waals surface area (Å²) in [7, 11) is 1.66. The Bertz CT molecular complexity index is 376. The molecule has 0 bridgehead atoms. The van der Waals surface area contributed by atoms with Crippen molar-refractivity contribution in [3.05, 3.63) is 28.5 Å². The molecule has 1 amide bonds. The SMILES string of the molecule is CN(C(=O)c1ccc(Br)cn1)C(C)(C)CO. The zero-order valence-electron chi connectivity index (χ0n) is 9.57. The number of aliphatic hydroxyl groups excluding tert-OH is 1. The van der Waals surface area contributed by atoms with Crippen molar-refractivity contribution >= 4 is 21.8 Å². The smallest absolute Gasteiger partial charge is 0.272 e. The summed E-state index contributed by atoms with van der Waals surface area (Å²) >= 11 is 3.26. The third-order valence-electron chi connectivity index (χ3n) is 2.55. The minimum Gasteiger partial charge on any atom is -0.394 e. The van der Waals surface area contributed by atoms with Crippen molar-refractivity contribution in [1.29, 1.82) is 0 Å². The number of likely N-dealkylation sites (N-methyl/N-ethyl adjacent to an activating group) is 1. The number of aliphatic hydroxyl groups is 1. The quantitative estimate of drug-likeness (QED) is 0.920. The molecule has 0 aliphatic rings. The molecule has 0 saturated carbocycles. The van der Waals surface area contributed by atoms with Gasteiger partial charge in [-0.2, -0.15) is 0 Å². The number of hydrogen-bond donors (Lipinski definition) is 1. The first kappa shape index (κ1) is 13.1. The summed E-state index contributed by atoms with van der Waals surface area (Å²) in [6, 6.07) is 3.41. The molecule has 0 aliphatic carbocycles. The minimum atomic E-state index is -0.591. The molecule has 5 heteroatoms. The highest BCUT2D eigenvalue weighted by Gasteiger charge is 2.28. The van der Waals surface area contributed by atoms with Crippen LogP contribution >= 0.6 is 15.9 Å². The highest BCUT2D eigenvalue weighted by molar-refractivity contribution is 9.10. The van der Waals surface area contributed by atoms with Gasteiger partial charge in [0.2, 0.25) is 0 Å². The van der Waals surface area contributed by atoms with Crippen molar-refractivity contribution in [2.75, 3.05) is 13.7 Å². The molecular formula is C11H15BrN2O2. The normalized spacial score (nSPS) is 11.3. The van der Waals surface area contributed by atoms with Crippen LogP contribution in [-0.4, -0.2) is 40.1 Å². The summed E-state index contributed by atoms with van der Waals surface area (Å²) in [6.45, 7) is 3.50. The van der Waals surface area contributed by atoms with E-state index in [1.807, 2.05) is 0 Å². The molecule has 0 aliphatic heterocycles. The maximum absolute atomic E-state index is 12.0. The van der Waals surface area contributed by atoms with E-state index in [4.69, 9.17) is 0 Å². The van der Waals surface area contributed by atoms with Crippen LogP contribution in [0.1, 0.15) is 24.3 Å². The predicted molar refractivity (Wildman–Crippen MR) is 65.2 cm³/mol. The summed E-state index contributed by atoms with van der Waals surface area (Å²) in [6.07, 6.45) is 1.58. The highest BCUT2D eigenvalue weighted by Crippen LogP contribution is 2.15. The lowest BCUT2D eigenvalue weighted by Crippen LogP contribution is -2.47. The molecule has 1 aromatic heterocycles. The zero-order chi connectivity index (χ0) is 12.3. The molecular weight excluding hydrogens is 272 g/mol. The molecule has 0 atom stereocenters. The van der Waals surface area contributed by atoms with E-state index in [1.54, 1.807) is 39.2 Å². The minimum absolute atomic E-state index is 0.0915. The number of hydrogen-bond acceptors (Lipinski definition) is 3. The van der Waals surface area contributed by atoms with Gasteiger partial charge in [-0.05, 0) is 41.9 Å². The second kappa shape index (κ2) is 4.93. The maximum Gasteiger partial charge on any atom is 0.272 e. The van der Waals surface area contributed by atoms with Crippen molar-refractivity contribution in [3.8, 4) is 0 Å². The molecule has 1 heterocycles. The Morgan fingerprint density at radius 3 is 2.62 bits per heavy atom. The zero-order valence-corrected chi connectivity index (χ0v) is 11.2. The van der Waals surface area contributed by atoms with Gasteiger partial charge >= 0.3 is 0 Å². The van der Waals surface area contributed by atoms with E-state index in [1.165, 1.54) is 4.90 Å². The highest BCUT2D eigenvalue weighted by atomic mass is 79.9.